The predicted octanol–water partition coefficient (Wildman–Crippen LogP) is -1.86. The highest BCUT2D eigenvalue weighted by molar-refractivity contribution is 6.01. The largest absolute Gasteiger partial charge is 0.461 e. The summed E-state index contributed by atoms with van der Waals surface area (Å²) in [5.41, 5.74) is -0.507. The maximum atomic E-state index is 11.4. The molecule has 0 N–H and O–H groups in total. The number of ether oxygens (including phenoxy) is 1. The number of hydrogen-bond donors (Lipinski definition) is 0. The lowest BCUT2D eigenvalue weighted by molar-refractivity contribution is -0.144. The number of nitrogens with zero attached hydrogens (tertiary/aromatic N) is 5. The predicted molar refractivity (Wildman–Crippen MR) is 67.5 cm³/mol. The van der Waals surface area contributed by atoms with E-state index in [0.29, 0.717) is 0 Å². The minimum Gasteiger partial charge on any atom is -0.461 e. The summed E-state index contributed by atoms with van der Waals surface area (Å²) in [4.78, 5) is 46.4. The average Bonchev–Trinajstić information content (AvgIpc) is 2.94. The normalized spacial score (nSPS) is 15.2. The van der Waals surface area contributed by atoms with E-state index in [4.69, 9.17) is 4.74 Å². The van der Waals surface area contributed by atoms with E-state index in [9.17, 15) is 19.2 Å². The first-order valence-electron chi connectivity index (χ1n) is 6.15. The first-order chi connectivity index (χ1) is 9.99. The van der Waals surface area contributed by atoms with Gasteiger partial charge in [0.15, 0.2) is 0 Å². The highest BCUT2D eigenvalue weighted by atomic mass is 16.5. The first kappa shape index (κ1) is 14.6. The first-order valence-corrected chi connectivity index (χ1v) is 6.15. The SMILES string of the molecule is Cn1nnn(/C=C/C(=O)OCCN2C(=O)CCC2=O)c1=O. The van der Waals surface area contributed by atoms with Crippen molar-refractivity contribution in [3.63, 3.8) is 0 Å². The fraction of sp³-hybridized carbons (Fsp3) is 0.455. The minimum atomic E-state index is -0.716. The van der Waals surface area contributed by atoms with Crippen LogP contribution in [0.5, 0.6) is 0 Å². The van der Waals surface area contributed by atoms with Gasteiger partial charge in [0.2, 0.25) is 11.8 Å². The Morgan fingerprint density at radius 1 is 1.24 bits per heavy atom. The van der Waals surface area contributed by atoms with Gasteiger partial charge in [-0.1, -0.05) is 0 Å². The van der Waals surface area contributed by atoms with Crippen LogP contribution < -0.4 is 5.69 Å². The fourth-order valence-corrected chi connectivity index (χ4v) is 1.71. The second-order valence-corrected chi connectivity index (χ2v) is 4.25. The molecule has 1 aromatic heterocycles. The summed E-state index contributed by atoms with van der Waals surface area (Å²) in [6, 6.07) is 0. The number of rotatable bonds is 5. The number of esters is 1. The Labute approximate surface area is 118 Å². The van der Waals surface area contributed by atoms with Crippen molar-refractivity contribution in [1.82, 2.24) is 24.7 Å². The molecule has 0 aromatic carbocycles. The molecule has 21 heavy (non-hydrogen) atoms. The van der Waals surface area contributed by atoms with Crippen LogP contribution >= 0.6 is 0 Å². The highest BCUT2D eigenvalue weighted by Crippen LogP contribution is 2.10. The van der Waals surface area contributed by atoms with Gasteiger partial charge in [-0.3, -0.25) is 14.5 Å². The molecule has 1 fully saturated rings. The Bertz CT molecular complexity index is 642. The molecule has 0 saturated carbocycles. The second kappa shape index (κ2) is 6.11. The number of amides is 2. The van der Waals surface area contributed by atoms with Crippen LogP contribution in [0.4, 0.5) is 0 Å². The van der Waals surface area contributed by atoms with Crippen molar-refractivity contribution in [2.24, 2.45) is 7.05 Å². The van der Waals surface area contributed by atoms with Gasteiger partial charge < -0.3 is 4.74 Å². The Kier molecular flexibility index (Phi) is 4.26. The van der Waals surface area contributed by atoms with Crippen molar-refractivity contribution in [3.05, 3.63) is 16.6 Å². The van der Waals surface area contributed by atoms with Crippen LogP contribution in [0.1, 0.15) is 12.8 Å². The molecule has 1 aliphatic heterocycles. The number of aryl methyl sites for hydroxylation is 1. The summed E-state index contributed by atoms with van der Waals surface area (Å²) < 4.78 is 6.70. The third-order valence-corrected chi connectivity index (χ3v) is 2.81. The maximum absolute atomic E-state index is 11.4. The van der Waals surface area contributed by atoms with Crippen molar-refractivity contribution in [3.8, 4) is 0 Å². The maximum Gasteiger partial charge on any atom is 0.367 e. The van der Waals surface area contributed by atoms with E-state index in [-0.39, 0.29) is 37.8 Å². The lowest BCUT2D eigenvalue weighted by Gasteiger charge is -2.12. The number of aromatic nitrogens is 4. The Hall–Kier alpha value is -2.78. The Morgan fingerprint density at radius 2 is 1.90 bits per heavy atom. The summed E-state index contributed by atoms with van der Waals surface area (Å²) >= 11 is 0. The van der Waals surface area contributed by atoms with Gasteiger partial charge in [-0.2, -0.15) is 9.36 Å². The van der Waals surface area contributed by atoms with Gasteiger partial charge in [0.25, 0.3) is 0 Å². The van der Waals surface area contributed by atoms with E-state index in [1.54, 1.807) is 0 Å². The van der Waals surface area contributed by atoms with Crippen LogP contribution in [-0.2, 0) is 26.2 Å². The molecule has 2 heterocycles. The standard InChI is InChI=1S/C11H13N5O5/c1-14-11(20)16(13-12-14)5-4-10(19)21-7-6-15-8(17)2-3-9(15)18/h4-5H,2-3,6-7H2,1H3/b5-4+. The third kappa shape index (κ3) is 3.41. The number of likely N-dealkylation sites (tertiary alicyclic amines) is 1. The third-order valence-electron chi connectivity index (χ3n) is 2.81. The Morgan fingerprint density at radius 3 is 2.48 bits per heavy atom. The molecular formula is C11H13N5O5. The lowest BCUT2D eigenvalue weighted by Crippen LogP contribution is -2.32. The minimum absolute atomic E-state index is 0.0301. The topological polar surface area (TPSA) is 116 Å². The van der Waals surface area contributed by atoms with Gasteiger partial charge in [-0.25, -0.2) is 9.59 Å². The zero-order valence-corrected chi connectivity index (χ0v) is 11.3. The number of hydrogen-bond acceptors (Lipinski definition) is 7. The number of carbonyl (C=O) groups excluding carboxylic acids is 3. The van der Waals surface area contributed by atoms with E-state index >= 15 is 0 Å². The molecule has 0 spiro atoms. The smallest absolute Gasteiger partial charge is 0.367 e. The molecule has 1 saturated heterocycles. The zero-order valence-electron chi connectivity index (χ0n) is 11.3. The van der Waals surface area contributed by atoms with E-state index in [1.165, 1.54) is 7.05 Å². The van der Waals surface area contributed by atoms with Crippen LogP contribution in [0.15, 0.2) is 10.9 Å². The number of imide groups is 1. The van der Waals surface area contributed by atoms with Gasteiger partial charge >= 0.3 is 11.7 Å². The summed E-state index contributed by atoms with van der Waals surface area (Å²) in [5.74, 6) is -1.25. The van der Waals surface area contributed by atoms with Crippen molar-refractivity contribution >= 4 is 24.0 Å². The molecule has 1 aromatic rings. The molecule has 0 atom stereocenters. The van der Waals surface area contributed by atoms with Gasteiger partial charge in [-0.15, -0.1) is 0 Å². The molecular weight excluding hydrogens is 282 g/mol. The molecule has 0 unspecified atom stereocenters. The van der Waals surface area contributed by atoms with Gasteiger partial charge in [0.1, 0.15) is 6.61 Å². The molecule has 2 amide bonds. The van der Waals surface area contributed by atoms with Crippen molar-refractivity contribution in [1.29, 1.82) is 0 Å². The highest BCUT2D eigenvalue weighted by Gasteiger charge is 2.28. The second-order valence-electron chi connectivity index (χ2n) is 4.25. The molecule has 10 nitrogen and oxygen atoms in total. The molecule has 1 aliphatic rings. The van der Waals surface area contributed by atoms with Crippen molar-refractivity contribution in [2.45, 2.75) is 12.8 Å². The van der Waals surface area contributed by atoms with E-state index in [0.717, 1.165) is 26.5 Å². The summed E-state index contributed by atoms with van der Waals surface area (Å²) in [6.07, 6.45) is 2.51. The van der Waals surface area contributed by atoms with E-state index < -0.39 is 11.7 Å². The van der Waals surface area contributed by atoms with Crippen LogP contribution in [0.25, 0.3) is 6.20 Å². The van der Waals surface area contributed by atoms with Crippen LogP contribution in [0, 0.1) is 0 Å². The summed E-state index contributed by atoms with van der Waals surface area (Å²) in [5, 5.41) is 6.93. The molecule has 0 aliphatic carbocycles. The summed E-state index contributed by atoms with van der Waals surface area (Å²) in [7, 11) is 1.42. The quantitative estimate of drug-likeness (QED) is 0.355. The van der Waals surface area contributed by atoms with E-state index in [1.807, 2.05) is 0 Å². The molecule has 10 heteroatoms. The number of tetrazole rings is 1. The van der Waals surface area contributed by atoms with E-state index in [2.05, 4.69) is 10.4 Å². The molecule has 0 radical (unpaired) electrons. The van der Waals surface area contributed by atoms with Gasteiger partial charge in [0.05, 0.1) is 6.54 Å². The summed E-state index contributed by atoms with van der Waals surface area (Å²) in [6.45, 7) is -0.0711. The molecule has 2 rings (SSSR count). The Balaban J connectivity index is 1.80. The molecule has 0 bridgehead atoms. The zero-order chi connectivity index (χ0) is 15.4. The van der Waals surface area contributed by atoms with Crippen LogP contribution in [0.3, 0.4) is 0 Å². The number of carbonyl (C=O) groups is 3. The van der Waals surface area contributed by atoms with Crippen LogP contribution in [-0.4, -0.2) is 55.6 Å². The lowest BCUT2D eigenvalue weighted by atomic mass is 10.4. The van der Waals surface area contributed by atoms with Crippen molar-refractivity contribution < 1.29 is 19.1 Å². The molecule has 112 valence electrons. The van der Waals surface area contributed by atoms with Gasteiger partial charge in [0, 0.05) is 32.2 Å². The van der Waals surface area contributed by atoms with Crippen LogP contribution in [0.2, 0.25) is 0 Å². The average molecular weight is 295 g/mol. The fourth-order valence-electron chi connectivity index (χ4n) is 1.71. The monoisotopic (exact) mass is 295 g/mol. The van der Waals surface area contributed by atoms with Crippen molar-refractivity contribution in [2.75, 3.05) is 13.2 Å². The van der Waals surface area contributed by atoms with Gasteiger partial charge in [-0.05, 0) is 10.4 Å².